The van der Waals surface area contributed by atoms with E-state index in [-0.39, 0.29) is 11.3 Å². The summed E-state index contributed by atoms with van der Waals surface area (Å²) in [5.41, 5.74) is 1.13. The SMILES string of the molecule is COc1ccc2cc(/C=c3\s/c(=C\C(=O)c4ccccc4OC)[nH]c3=O)ccc2c1. The van der Waals surface area contributed by atoms with Gasteiger partial charge < -0.3 is 14.5 Å². The van der Waals surface area contributed by atoms with Gasteiger partial charge in [0.05, 0.1) is 29.0 Å². The van der Waals surface area contributed by atoms with E-state index in [1.165, 1.54) is 24.5 Å². The fourth-order valence-corrected chi connectivity index (χ4v) is 4.07. The van der Waals surface area contributed by atoms with Crippen molar-refractivity contribution in [3.8, 4) is 11.5 Å². The van der Waals surface area contributed by atoms with Crippen molar-refractivity contribution in [2.24, 2.45) is 0 Å². The highest BCUT2D eigenvalue weighted by Crippen LogP contribution is 2.22. The van der Waals surface area contributed by atoms with E-state index in [4.69, 9.17) is 9.47 Å². The first-order chi connectivity index (χ1) is 14.6. The van der Waals surface area contributed by atoms with E-state index in [0.717, 1.165) is 22.1 Å². The number of para-hydroxylation sites is 1. The van der Waals surface area contributed by atoms with Crippen molar-refractivity contribution in [2.45, 2.75) is 0 Å². The Bertz CT molecular complexity index is 1420. The minimum atomic E-state index is -0.228. The average Bonchev–Trinajstić information content (AvgIpc) is 3.11. The second kappa shape index (κ2) is 8.39. The summed E-state index contributed by atoms with van der Waals surface area (Å²) in [6, 6.07) is 18.8. The zero-order valence-electron chi connectivity index (χ0n) is 16.5. The van der Waals surface area contributed by atoms with Crippen molar-refractivity contribution >= 4 is 40.0 Å². The van der Waals surface area contributed by atoms with E-state index in [1.54, 1.807) is 31.4 Å². The zero-order valence-corrected chi connectivity index (χ0v) is 17.3. The number of nitrogens with one attached hydrogen (secondary N) is 1. The lowest BCUT2D eigenvalue weighted by molar-refractivity contribution is 0.105. The Morgan fingerprint density at radius 1 is 0.967 bits per heavy atom. The number of rotatable bonds is 5. The van der Waals surface area contributed by atoms with Gasteiger partial charge in [0.2, 0.25) is 0 Å². The third kappa shape index (κ3) is 4.04. The number of Topliss-reactive ketones (excluding diaryl/α,β-unsaturated/α-hetero) is 1. The molecule has 6 heteroatoms. The van der Waals surface area contributed by atoms with Crippen molar-refractivity contribution in [3.05, 3.63) is 91.3 Å². The molecule has 150 valence electrons. The molecule has 0 bridgehead atoms. The number of hydrogen-bond acceptors (Lipinski definition) is 5. The van der Waals surface area contributed by atoms with Crippen molar-refractivity contribution < 1.29 is 14.3 Å². The summed E-state index contributed by atoms with van der Waals surface area (Å²) < 4.78 is 11.5. The number of aromatic nitrogens is 1. The first-order valence-corrected chi connectivity index (χ1v) is 10.1. The highest BCUT2D eigenvalue weighted by atomic mass is 32.1. The van der Waals surface area contributed by atoms with Gasteiger partial charge in [-0.25, -0.2) is 0 Å². The number of carbonyl (C=O) groups is 1. The van der Waals surface area contributed by atoms with Gasteiger partial charge in [0.25, 0.3) is 5.56 Å². The van der Waals surface area contributed by atoms with Gasteiger partial charge in [-0.15, -0.1) is 11.3 Å². The monoisotopic (exact) mass is 417 g/mol. The molecule has 0 aliphatic rings. The number of ketones is 1. The standard InChI is InChI=1S/C24H19NO4S/c1-28-18-10-9-16-11-15(7-8-17(16)13-18)12-22-24(27)25-23(30-22)14-20(26)19-5-3-4-6-21(19)29-2/h3-14H,1-2H3,(H,25,27)/b22-12-,23-14-. The normalized spacial score (nSPS) is 12.3. The van der Waals surface area contributed by atoms with E-state index < -0.39 is 0 Å². The highest BCUT2D eigenvalue weighted by molar-refractivity contribution is 7.07. The predicted molar refractivity (Wildman–Crippen MR) is 120 cm³/mol. The number of fused-ring (bicyclic) bond motifs is 1. The van der Waals surface area contributed by atoms with Crippen LogP contribution in [0.25, 0.3) is 22.9 Å². The lowest BCUT2D eigenvalue weighted by atomic mass is 10.1. The molecule has 0 spiro atoms. The third-order valence-electron chi connectivity index (χ3n) is 4.68. The predicted octanol–water partition coefficient (Wildman–Crippen LogP) is 3.10. The molecule has 3 aromatic carbocycles. The third-order valence-corrected chi connectivity index (χ3v) is 5.65. The number of benzene rings is 3. The molecule has 0 saturated carbocycles. The Morgan fingerprint density at radius 2 is 1.73 bits per heavy atom. The molecule has 0 amide bonds. The molecule has 4 rings (SSSR count). The average molecular weight is 417 g/mol. The number of thiazole rings is 1. The molecule has 0 saturated heterocycles. The van der Waals surface area contributed by atoms with E-state index in [2.05, 4.69) is 4.98 Å². The quantitative estimate of drug-likeness (QED) is 0.507. The van der Waals surface area contributed by atoms with Crippen molar-refractivity contribution in [1.29, 1.82) is 0 Å². The van der Waals surface area contributed by atoms with Crippen LogP contribution < -0.4 is 24.2 Å². The summed E-state index contributed by atoms with van der Waals surface area (Å²) in [5, 5.41) is 2.11. The smallest absolute Gasteiger partial charge is 0.266 e. The number of H-pyrrole nitrogens is 1. The van der Waals surface area contributed by atoms with Crippen LogP contribution in [0.2, 0.25) is 0 Å². The van der Waals surface area contributed by atoms with Gasteiger partial charge in [-0.1, -0.05) is 30.3 Å². The van der Waals surface area contributed by atoms with Crippen LogP contribution in [0.15, 0.2) is 65.5 Å². The van der Waals surface area contributed by atoms with Crippen LogP contribution in [0, 0.1) is 0 Å². The van der Waals surface area contributed by atoms with Crippen LogP contribution in [0.5, 0.6) is 11.5 Å². The lowest BCUT2D eigenvalue weighted by Crippen LogP contribution is -2.20. The fraction of sp³-hybridized carbons (Fsp3) is 0.0833. The van der Waals surface area contributed by atoms with E-state index in [1.807, 2.05) is 42.5 Å². The molecule has 0 radical (unpaired) electrons. The van der Waals surface area contributed by atoms with Crippen LogP contribution in [0.1, 0.15) is 15.9 Å². The van der Waals surface area contributed by atoms with Gasteiger partial charge in [0.1, 0.15) is 11.5 Å². The summed E-state index contributed by atoms with van der Waals surface area (Å²) in [6.07, 6.45) is 3.24. The van der Waals surface area contributed by atoms with Crippen LogP contribution in [0.3, 0.4) is 0 Å². The maximum atomic E-state index is 12.6. The Hall–Kier alpha value is -3.64. The molecule has 0 aliphatic carbocycles. The molecule has 1 aromatic heterocycles. The Balaban J connectivity index is 1.71. The summed E-state index contributed by atoms with van der Waals surface area (Å²) in [5.74, 6) is 1.07. The number of carbonyl (C=O) groups excluding carboxylic acids is 1. The minimum Gasteiger partial charge on any atom is -0.497 e. The summed E-state index contributed by atoms with van der Waals surface area (Å²) in [6.45, 7) is 0. The fourth-order valence-electron chi connectivity index (χ4n) is 3.18. The molecule has 0 atom stereocenters. The van der Waals surface area contributed by atoms with Crippen LogP contribution in [-0.2, 0) is 0 Å². The topological polar surface area (TPSA) is 68.4 Å². The molecule has 0 aliphatic heterocycles. The maximum absolute atomic E-state index is 12.6. The molecule has 0 fully saturated rings. The largest absolute Gasteiger partial charge is 0.497 e. The first kappa shape index (κ1) is 19.7. The summed E-state index contributed by atoms with van der Waals surface area (Å²) >= 11 is 1.24. The van der Waals surface area contributed by atoms with Gasteiger partial charge in [0, 0.05) is 6.08 Å². The molecule has 1 heterocycles. The summed E-state index contributed by atoms with van der Waals surface area (Å²) in [4.78, 5) is 27.7. The van der Waals surface area contributed by atoms with Crippen molar-refractivity contribution in [1.82, 2.24) is 4.98 Å². The number of methoxy groups -OCH3 is 2. The van der Waals surface area contributed by atoms with E-state index in [9.17, 15) is 9.59 Å². The highest BCUT2D eigenvalue weighted by Gasteiger charge is 2.09. The Morgan fingerprint density at radius 3 is 2.53 bits per heavy atom. The van der Waals surface area contributed by atoms with Crippen LogP contribution >= 0.6 is 11.3 Å². The van der Waals surface area contributed by atoms with Gasteiger partial charge in [0.15, 0.2) is 5.78 Å². The molecule has 0 unspecified atom stereocenters. The Kier molecular flexibility index (Phi) is 5.50. The molecular weight excluding hydrogens is 398 g/mol. The molecule has 30 heavy (non-hydrogen) atoms. The van der Waals surface area contributed by atoms with Gasteiger partial charge >= 0.3 is 0 Å². The number of aromatic amines is 1. The van der Waals surface area contributed by atoms with E-state index in [0.29, 0.717) is 20.5 Å². The van der Waals surface area contributed by atoms with E-state index >= 15 is 0 Å². The number of hydrogen-bond donors (Lipinski definition) is 1. The van der Waals surface area contributed by atoms with Crippen LogP contribution in [-0.4, -0.2) is 25.0 Å². The second-order valence-electron chi connectivity index (χ2n) is 6.61. The maximum Gasteiger partial charge on any atom is 0.266 e. The molecule has 1 N–H and O–H groups in total. The summed E-state index contributed by atoms with van der Waals surface area (Å²) in [7, 11) is 3.16. The van der Waals surface area contributed by atoms with Crippen LogP contribution in [0.4, 0.5) is 0 Å². The van der Waals surface area contributed by atoms with Crippen molar-refractivity contribution in [2.75, 3.05) is 14.2 Å². The van der Waals surface area contributed by atoms with Gasteiger partial charge in [-0.3, -0.25) is 9.59 Å². The second-order valence-corrected chi connectivity index (χ2v) is 7.69. The minimum absolute atomic E-state index is 0.226. The van der Waals surface area contributed by atoms with Gasteiger partial charge in [-0.2, -0.15) is 0 Å². The zero-order chi connectivity index (χ0) is 21.1. The molecule has 4 aromatic rings. The molecular formula is C24H19NO4S. The van der Waals surface area contributed by atoms with Gasteiger partial charge in [-0.05, 0) is 52.7 Å². The van der Waals surface area contributed by atoms with Crippen molar-refractivity contribution in [3.63, 3.8) is 0 Å². The number of ether oxygens (including phenoxy) is 2. The first-order valence-electron chi connectivity index (χ1n) is 9.25. The molecule has 5 nitrogen and oxygen atoms in total. The lowest BCUT2D eigenvalue weighted by Gasteiger charge is -2.03. The Labute approximate surface area is 176 Å².